The van der Waals surface area contributed by atoms with Gasteiger partial charge < -0.3 is 15.0 Å². The molecule has 0 spiro atoms. The Balaban J connectivity index is 1.48. The standard InChI is InChI=1S/C25H27FN4O3/c1-29(16-18-8-9-22(33-2)24-20(18)7-4-10-27-24)23(31)14-21-25(32)28-11-12-30(21)15-17-5-3-6-19(26)13-17/h3-10,13,21H,11-12,14-16H2,1-2H3,(H,28,32)/t21-/m1/s1. The number of ether oxygens (including phenoxy) is 1. The van der Waals surface area contributed by atoms with Gasteiger partial charge in [-0.05, 0) is 35.4 Å². The van der Waals surface area contributed by atoms with Gasteiger partial charge in [0.15, 0.2) is 0 Å². The third-order valence-electron chi connectivity index (χ3n) is 5.96. The van der Waals surface area contributed by atoms with Gasteiger partial charge in [0.25, 0.3) is 0 Å². The van der Waals surface area contributed by atoms with Crippen LogP contribution in [-0.2, 0) is 22.7 Å². The van der Waals surface area contributed by atoms with Crippen molar-refractivity contribution < 1.29 is 18.7 Å². The van der Waals surface area contributed by atoms with Gasteiger partial charge in [0.1, 0.15) is 17.1 Å². The van der Waals surface area contributed by atoms with Gasteiger partial charge in [-0.25, -0.2) is 4.39 Å². The monoisotopic (exact) mass is 450 g/mol. The summed E-state index contributed by atoms with van der Waals surface area (Å²) in [5.41, 5.74) is 2.46. The Kier molecular flexibility index (Phi) is 6.84. The number of piperazine rings is 1. The number of amides is 2. The normalized spacial score (nSPS) is 16.5. The lowest BCUT2D eigenvalue weighted by Gasteiger charge is -2.35. The van der Waals surface area contributed by atoms with Crippen molar-refractivity contribution in [1.82, 2.24) is 20.1 Å². The topological polar surface area (TPSA) is 74.8 Å². The van der Waals surface area contributed by atoms with Gasteiger partial charge in [-0.1, -0.05) is 24.3 Å². The summed E-state index contributed by atoms with van der Waals surface area (Å²) in [6, 6.07) is 13.3. The van der Waals surface area contributed by atoms with Gasteiger partial charge in [-0.15, -0.1) is 0 Å². The number of halogens is 1. The van der Waals surface area contributed by atoms with Crippen LogP contribution < -0.4 is 10.1 Å². The molecule has 8 heteroatoms. The molecule has 1 N–H and O–H groups in total. The van der Waals surface area contributed by atoms with E-state index < -0.39 is 6.04 Å². The highest BCUT2D eigenvalue weighted by atomic mass is 19.1. The minimum atomic E-state index is -0.605. The molecule has 0 bridgehead atoms. The van der Waals surface area contributed by atoms with Crippen molar-refractivity contribution in [3.05, 3.63) is 71.7 Å². The molecule has 3 aromatic rings. The molecule has 1 aromatic heterocycles. The average molecular weight is 451 g/mol. The Labute approximate surface area is 192 Å². The van der Waals surface area contributed by atoms with Gasteiger partial charge in [0, 0.05) is 44.8 Å². The predicted octanol–water partition coefficient (Wildman–Crippen LogP) is 2.73. The van der Waals surface area contributed by atoms with Gasteiger partial charge in [0.2, 0.25) is 11.8 Å². The van der Waals surface area contributed by atoms with Crippen LogP contribution in [0.5, 0.6) is 5.75 Å². The number of benzene rings is 2. The number of hydrogen-bond donors (Lipinski definition) is 1. The van der Waals surface area contributed by atoms with E-state index in [9.17, 15) is 14.0 Å². The molecule has 0 unspecified atom stereocenters. The summed E-state index contributed by atoms with van der Waals surface area (Å²) in [6.07, 6.45) is 1.75. The second kappa shape index (κ2) is 9.95. The molecule has 2 aromatic carbocycles. The van der Waals surface area contributed by atoms with Crippen molar-refractivity contribution >= 4 is 22.7 Å². The summed E-state index contributed by atoms with van der Waals surface area (Å²) in [4.78, 5) is 33.7. The lowest BCUT2D eigenvalue weighted by atomic mass is 10.0. The number of carbonyl (C=O) groups excluding carboxylic acids is 2. The summed E-state index contributed by atoms with van der Waals surface area (Å²) >= 11 is 0. The molecule has 4 rings (SSSR count). The Morgan fingerprint density at radius 3 is 2.91 bits per heavy atom. The summed E-state index contributed by atoms with van der Waals surface area (Å²) in [7, 11) is 3.33. The number of fused-ring (bicyclic) bond motifs is 1. The number of nitrogens with one attached hydrogen (secondary N) is 1. The maximum Gasteiger partial charge on any atom is 0.237 e. The minimum Gasteiger partial charge on any atom is -0.494 e. The van der Waals surface area contributed by atoms with Crippen molar-refractivity contribution in [3.63, 3.8) is 0 Å². The van der Waals surface area contributed by atoms with Crippen LogP contribution in [0.3, 0.4) is 0 Å². The van der Waals surface area contributed by atoms with Crippen molar-refractivity contribution in [2.75, 3.05) is 27.2 Å². The molecular weight excluding hydrogens is 423 g/mol. The van der Waals surface area contributed by atoms with E-state index in [-0.39, 0.29) is 24.1 Å². The second-order valence-electron chi connectivity index (χ2n) is 8.19. The number of pyridine rings is 1. The van der Waals surface area contributed by atoms with Crippen molar-refractivity contribution in [2.45, 2.75) is 25.6 Å². The molecule has 1 fully saturated rings. The zero-order chi connectivity index (χ0) is 23.4. The quantitative estimate of drug-likeness (QED) is 0.599. The molecule has 2 heterocycles. The first-order valence-corrected chi connectivity index (χ1v) is 10.9. The van der Waals surface area contributed by atoms with Crippen LogP contribution in [0.25, 0.3) is 10.9 Å². The van der Waals surface area contributed by atoms with Crippen LogP contribution in [0.4, 0.5) is 4.39 Å². The highest BCUT2D eigenvalue weighted by molar-refractivity contribution is 5.90. The third kappa shape index (κ3) is 5.12. The molecule has 7 nitrogen and oxygen atoms in total. The maximum atomic E-state index is 13.6. The number of aromatic nitrogens is 1. The average Bonchev–Trinajstić information content (AvgIpc) is 2.81. The van der Waals surface area contributed by atoms with Crippen LogP contribution in [0.1, 0.15) is 17.5 Å². The number of carbonyl (C=O) groups is 2. The summed E-state index contributed by atoms with van der Waals surface area (Å²) in [5.74, 6) is 0.0328. The molecule has 1 atom stereocenters. The fourth-order valence-electron chi connectivity index (χ4n) is 4.22. The molecule has 33 heavy (non-hydrogen) atoms. The highest BCUT2D eigenvalue weighted by Crippen LogP contribution is 2.27. The van der Waals surface area contributed by atoms with Gasteiger partial charge in [-0.2, -0.15) is 0 Å². The Morgan fingerprint density at radius 2 is 2.12 bits per heavy atom. The van der Waals surface area contributed by atoms with Crippen LogP contribution >= 0.6 is 0 Å². The molecule has 1 aliphatic rings. The molecule has 1 saturated heterocycles. The first-order valence-electron chi connectivity index (χ1n) is 10.9. The first kappa shape index (κ1) is 22.7. The molecule has 1 aliphatic heterocycles. The van der Waals surface area contributed by atoms with E-state index in [0.29, 0.717) is 31.9 Å². The number of rotatable bonds is 7. The molecule has 0 aliphatic carbocycles. The van der Waals surface area contributed by atoms with Gasteiger partial charge in [-0.3, -0.25) is 19.5 Å². The van der Waals surface area contributed by atoms with E-state index in [2.05, 4.69) is 10.3 Å². The van der Waals surface area contributed by atoms with Crippen molar-refractivity contribution in [3.8, 4) is 5.75 Å². The van der Waals surface area contributed by atoms with Crippen molar-refractivity contribution in [2.24, 2.45) is 0 Å². The van der Waals surface area contributed by atoms with E-state index in [1.54, 1.807) is 31.3 Å². The number of methoxy groups -OCH3 is 1. The molecule has 172 valence electrons. The van der Waals surface area contributed by atoms with E-state index >= 15 is 0 Å². The summed E-state index contributed by atoms with van der Waals surface area (Å²) in [5, 5.41) is 3.76. The molecule has 0 radical (unpaired) electrons. The first-order chi connectivity index (χ1) is 16.0. The maximum absolute atomic E-state index is 13.6. The largest absolute Gasteiger partial charge is 0.494 e. The van der Waals surface area contributed by atoms with E-state index in [1.165, 1.54) is 12.1 Å². The number of hydrogen-bond acceptors (Lipinski definition) is 5. The van der Waals surface area contributed by atoms with Crippen LogP contribution in [0.15, 0.2) is 54.7 Å². The lowest BCUT2D eigenvalue weighted by Crippen LogP contribution is -2.56. The van der Waals surface area contributed by atoms with E-state index in [4.69, 9.17) is 4.74 Å². The minimum absolute atomic E-state index is 0.0456. The zero-order valence-corrected chi connectivity index (χ0v) is 18.8. The van der Waals surface area contributed by atoms with Crippen LogP contribution in [0.2, 0.25) is 0 Å². The third-order valence-corrected chi connectivity index (χ3v) is 5.96. The SMILES string of the molecule is COc1ccc(CN(C)C(=O)C[C@@H]2C(=O)NCCN2Cc2cccc(F)c2)c2cccnc12. The van der Waals surface area contributed by atoms with E-state index in [1.807, 2.05) is 35.2 Å². The van der Waals surface area contributed by atoms with Crippen LogP contribution in [0, 0.1) is 5.82 Å². The Morgan fingerprint density at radius 1 is 1.27 bits per heavy atom. The molecule has 2 amide bonds. The van der Waals surface area contributed by atoms with Crippen LogP contribution in [-0.4, -0.2) is 59.9 Å². The zero-order valence-electron chi connectivity index (χ0n) is 18.8. The lowest BCUT2D eigenvalue weighted by molar-refractivity contribution is -0.138. The van der Waals surface area contributed by atoms with Gasteiger partial charge >= 0.3 is 0 Å². The Hall–Kier alpha value is -3.52. The fourth-order valence-corrected chi connectivity index (χ4v) is 4.22. The van der Waals surface area contributed by atoms with Gasteiger partial charge in [0.05, 0.1) is 19.6 Å². The summed E-state index contributed by atoms with van der Waals surface area (Å²) in [6.45, 7) is 1.88. The highest BCUT2D eigenvalue weighted by Gasteiger charge is 2.32. The second-order valence-corrected chi connectivity index (χ2v) is 8.19. The smallest absolute Gasteiger partial charge is 0.237 e. The summed E-state index contributed by atoms with van der Waals surface area (Å²) < 4.78 is 19.0. The molecule has 0 saturated carbocycles. The fraction of sp³-hybridized carbons (Fsp3) is 0.320. The predicted molar refractivity (Wildman–Crippen MR) is 123 cm³/mol. The van der Waals surface area contributed by atoms with E-state index in [0.717, 1.165) is 22.0 Å². The van der Waals surface area contributed by atoms with Crippen molar-refractivity contribution in [1.29, 1.82) is 0 Å². The molecular formula is C25H27FN4O3. The number of nitrogens with zero attached hydrogens (tertiary/aromatic N) is 3. The Bertz CT molecular complexity index is 1170.